The third kappa shape index (κ3) is 4.36. The summed E-state index contributed by atoms with van der Waals surface area (Å²) in [5.74, 6) is 0.983. The minimum atomic E-state index is -0.0291. The molecular weight excluding hydrogens is 396 g/mol. The summed E-state index contributed by atoms with van der Waals surface area (Å²) in [7, 11) is 0. The fourth-order valence-corrected chi connectivity index (χ4v) is 4.90. The highest BCUT2D eigenvalue weighted by molar-refractivity contribution is 7.99. The van der Waals surface area contributed by atoms with Crippen LogP contribution in [0.15, 0.2) is 77.7 Å². The molecule has 3 nitrogen and oxygen atoms in total. The molecule has 1 aromatic heterocycles. The smallest absolute Gasteiger partial charge is 0.260 e. The molecule has 5 heteroatoms. The van der Waals surface area contributed by atoms with Gasteiger partial charge < -0.3 is 0 Å². The molecule has 0 N–H and O–H groups in total. The second-order valence-corrected chi connectivity index (χ2v) is 9.10. The number of benzene rings is 3. The summed E-state index contributed by atoms with van der Waals surface area (Å²) in [6, 6.07) is 24.1. The third-order valence-electron chi connectivity index (χ3n) is 4.68. The molecule has 0 aliphatic heterocycles. The maximum Gasteiger partial charge on any atom is 0.260 e. The van der Waals surface area contributed by atoms with E-state index in [-0.39, 0.29) is 5.91 Å². The molecule has 0 atom stereocenters. The standard InChI is InChI=1S/C24H22N2OS2/c1-3-28-20-14-12-19(13-15-20)23(27)26(16-18-9-5-4-6-10-18)24-25-22-17(2)8-7-11-21(22)29-24/h4-15H,3,16H2,1-2H3. The molecule has 0 saturated heterocycles. The molecule has 4 rings (SSSR count). The lowest BCUT2D eigenvalue weighted by atomic mass is 10.1. The number of anilines is 1. The minimum Gasteiger partial charge on any atom is -0.279 e. The monoisotopic (exact) mass is 418 g/mol. The highest BCUT2D eigenvalue weighted by Crippen LogP contribution is 2.32. The van der Waals surface area contributed by atoms with Crippen LogP contribution in [0.1, 0.15) is 28.4 Å². The maximum atomic E-state index is 13.5. The molecular formula is C24H22N2OS2. The Morgan fingerprint density at radius 1 is 1.00 bits per heavy atom. The van der Waals surface area contributed by atoms with Crippen molar-refractivity contribution in [2.75, 3.05) is 10.7 Å². The van der Waals surface area contributed by atoms with E-state index < -0.39 is 0 Å². The summed E-state index contributed by atoms with van der Waals surface area (Å²) < 4.78 is 1.10. The molecule has 0 unspecified atom stereocenters. The number of thioether (sulfide) groups is 1. The van der Waals surface area contributed by atoms with Gasteiger partial charge in [-0.1, -0.05) is 60.7 Å². The quantitative estimate of drug-likeness (QED) is 0.332. The summed E-state index contributed by atoms with van der Waals surface area (Å²) in [5, 5.41) is 0.732. The number of aryl methyl sites for hydroxylation is 1. The molecule has 0 fully saturated rings. The Balaban J connectivity index is 1.72. The van der Waals surface area contributed by atoms with Crippen LogP contribution in [0.3, 0.4) is 0 Å². The lowest BCUT2D eigenvalue weighted by molar-refractivity contribution is 0.0985. The molecule has 0 spiro atoms. The Morgan fingerprint density at radius 2 is 1.76 bits per heavy atom. The van der Waals surface area contributed by atoms with Crippen molar-refractivity contribution in [1.29, 1.82) is 0 Å². The van der Waals surface area contributed by atoms with Crippen LogP contribution in [-0.4, -0.2) is 16.6 Å². The summed E-state index contributed by atoms with van der Waals surface area (Å²) in [6.07, 6.45) is 0. The topological polar surface area (TPSA) is 33.2 Å². The van der Waals surface area contributed by atoms with Crippen LogP contribution < -0.4 is 4.90 Å². The van der Waals surface area contributed by atoms with Gasteiger partial charge >= 0.3 is 0 Å². The Hall–Kier alpha value is -2.63. The van der Waals surface area contributed by atoms with Gasteiger partial charge in [0.25, 0.3) is 5.91 Å². The Kier molecular flexibility index (Phi) is 5.97. The SMILES string of the molecule is CCSc1ccc(C(=O)N(Cc2ccccc2)c2nc3c(C)cccc3s2)cc1. The predicted molar refractivity (Wildman–Crippen MR) is 124 cm³/mol. The molecule has 1 amide bonds. The zero-order chi connectivity index (χ0) is 20.2. The fourth-order valence-electron chi connectivity index (χ4n) is 3.20. The van der Waals surface area contributed by atoms with Crippen molar-refractivity contribution >= 4 is 44.4 Å². The van der Waals surface area contributed by atoms with Crippen molar-refractivity contribution in [2.45, 2.75) is 25.3 Å². The number of thiazole rings is 1. The number of rotatable bonds is 6. The number of hydrogen-bond donors (Lipinski definition) is 0. The van der Waals surface area contributed by atoms with E-state index in [0.29, 0.717) is 12.1 Å². The van der Waals surface area contributed by atoms with Crippen molar-refractivity contribution in [2.24, 2.45) is 0 Å². The van der Waals surface area contributed by atoms with E-state index in [4.69, 9.17) is 4.98 Å². The van der Waals surface area contributed by atoms with Gasteiger partial charge in [-0.2, -0.15) is 0 Å². The number of fused-ring (bicyclic) bond motifs is 1. The molecule has 4 aromatic rings. The van der Waals surface area contributed by atoms with E-state index in [1.165, 1.54) is 4.90 Å². The largest absolute Gasteiger partial charge is 0.279 e. The number of aromatic nitrogens is 1. The van der Waals surface area contributed by atoms with Gasteiger partial charge in [0.15, 0.2) is 5.13 Å². The van der Waals surface area contributed by atoms with E-state index in [1.54, 1.807) is 28.0 Å². The van der Waals surface area contributed by atoms with Gasteiger partial charge in [-0.05, 0) is 54.1 Å². The zero-order valence-electron chi connectivity index (χ0n) is 16.5. The van der Waals surface area contributed by atoms with Crippen molar-refractivity contribution < 1.29 is 4.79 Å². The Labute approximate surface area is 179 Å². The summed E-state index contributed by atoms with van der Waals surface area (Å²) >= 11 is 3.34. The van der Waals surface area contributed by atoms with Crippen LogP contribution in [0.4, 0.5) is 5.13 Å². The molecule has 0 radical (unpaired) electrons. The van der Waals surface area contributed by atoms with Crippen LogP contribution in [0.5, 0.6) is 0 Å². The Morgan fingerprint density at radius 3 is 2.45 bits per heavy atom. The third-order valence-corrected chi connectivity index (χ3v) is 6.62. The first-order valence-electron chi connectivity index (χ1n) is 9.60. The van der Waals surface area contributed by atoms with Crippen LogP contribution in [0.2, 0.25) is 0 Å². The van der Waals surface area contributed by atoms with Crippen LogP contribution in [0.25, 0.3) is 10.2 Å². The fraction of sp³-hybridized carbons (Fsp3) is 0.167. The maximum absolute atomic E-state index is 13.5. The van der Waals surface area contributed by atoms with Gasteiger partial charge in [0, 0.05) is 10.5 Å². The molecule has 146 valence electrons. The van der Waals surface area contributed by atoms with Gasteiger partial charge in [0.05, 0.1) is 16.8 Å². The first-order valence-corrected chi connectivity index (χ1v) is 11.4. The van der Waals surface area contributed by atoms with E-state index in [9.17, 15) is 4.79 Å². The lowest BCUT2D eigenvalue weighted by Crippen LogP contribution is -2.30. The van der Waals surface area contributed by atoms with E-state index in [2.05, 4.69) is 26.0 Å². The number of carbonyl (C=O) groups excluding carboxylic acids is 1. The summed E-state index contributed by atoms with van der Waals surface area (Å²) in [6.45, 7) is 4.67. The van der Waals surface area contributed by atoms with Gasteiger partial charge in [-0.3, -0.25) is 9.69 Å². The van der Waals surface area contributed by atoms with Crippen LogP contribution in [-0.2, 0) is 6.54 Å². The van der Waals surface area contributed by atoms with Crippen LogP contribution >= 0.6 is 23.1 Å². The van der Waals surface area contributed by atoms with E-state index >= 15 is 0 Å². The average Bonchev–Trinajstić information content (AvgIpc) is 3.18. The second kappa shape index (κ2) is 8.80. The lowest BCUT2D eigenvalue weighted by Gasteiger charge is -2.20. The van der Waals surface area contributed by atoms with Crippen molar-refractivity contribution in [1.82, 2.24) is 4.98 Å². The molecule has 3 aromatic carbocycles. The molecule has 1 heterocycles. The highest BCUT2D eigenvalue weighted by Gasteiger charge is 2.22. The predicted octanol–water partition coefficient (Wildman–Crippen LogP) is 6.56. The van der Waals surface area contributed by atoms with Gasteiger partial charge in [-0.25, -0.2) is 4.98 Å². The van der Waals surface area contributed by atoms with Crippen molar-refractivity contribution in [3.63, 3.8) is 0 Å². The van der Waals surface area contributed by atoms with E-state index in [0.717, 1.165) is 32.2 Å². The Bertz CT molecular complexity index is 1120. The van der Waals surface area contributed by atoms with Gasteiger partial charge in [0.1, 0.15) is 0 Å². The minimum absolute atomic E-state index is 0.0291. The molecule has 0 saturated carbocycles. The number of para-hydroxylation sites is 1. The van der Waals surface area contributed by atoms with Gasteiger partial charge in [0.2, 0.25) is 0 Å². The van der Waals surface area contributed by atoms with Crippen LogP contribution in [0, 0.1) is 6.92 Å². The average molecular weight is 419 g/mol. The van der Waals surface area contributed by atoms with Crippen molar-refractivity contribution in [3.8, 4) is 0 Å². The number of carbonyl (C=O) groups is 1. The normalized spacial score (nSPS) is 11.0. The number of hydrogen-bond acceptors (Lipinski definition) is 4. The molecule has 0 bridgehead atoms. The van der Waals surface area contributed by atoms with E-state index in [1.807, 2.05) is 60.7 Å². The molecule has 0 aliphatic rings. The second-order valence-electron chi connectivity index (χ2n) is 6.75. The first-order chi connectivity index (χ1) is 14.2. The zero-order valence-corrected chi connectivity index (χ0v) is 18.1. The first kappa shape index (κ1) is 19.7. The van der Waals surface area contributed by atoms with Crippen molar-refractivity contribution in [3.05, 3.63) is 89.5 Å². The van der Waals surface area contributed by atoms with Gasteiger partial charge in [-0.15, -0.1) is 11.8 Å². The summed E-state index contributed by atoms with van der Waals surface area (Å²) in [5.41, 5.74) is 3.85. The number of nitrogens with zero attached hydrogens (tertiary/aromatic N) is 2. The molecule has 0 aliphatic carbocycles. The molecule has 29 heavy (non-hydrogen) atoms. The summed E-state index contributed by atoms with van der Waals surface area (Å²) in [4.78, 5) is 21.3. The highest BCUT2D eigenvalue weighted by atomic mass is 32.2. The number of amides is 1.